The molecule has 8 nitrogen and oxygen atoms in total. The van der Waals surface area contributed by atoms with Gasteiger partial charge in [0, 0.05) is 26.2 Å². The van der Waals surface area contributed by atoms with Gasteiger partial charge in [-0.3, -0.25) is 4.90 Å². The number of nitrogens with zero attached hydrogens (tertiary/aromatic N) is 7. The third-order valence-electron chi connectivity index (χ3n) is 5.34. The molecule has 2 aliphatic rings. The van der Waals surface area contributed by atoms with E-state index in [4.69, 9.17) is 4.74 Å². The van der Waals surface area contributed by atoms with Gasteiger partial charge in [-0.25, -0.2) is 0 Å². The summed E-state index contributed by atoms with van der Waals surface area (Å²) in [6.45, 7) is 9.79. The summed E-state index contributed by atoms with van der Waals surface area (Å²) in [6.07, 6.45) is 4.46. The fourth-order valence-corrected chi connectivity index (χ4v) is 4.09. The molecular weight excluding hydrogens is 318 g/mol. The number of ether oxygens (including phenoxy) is 1. The van der Waals surface area contributed by atoms with Crippen LogP contribution in [0.2, 0.25) is 0 Å². The number of hydrogen-bond donors (Lipinski definition) is 0. The van der Waals surface area contributed by atoms with E-state index in [9.17, 15) is 0 Å². The van der Waals surface area contributed by atoms with Crippen molar-refractivity contribution in [2.24, 2.45) is 5.92 Å². The van der Waals surface area contributed by atoms with Gasteiger partial charge in [0.2, 0.25) is 0 Å². The van der Waals surface area contributed by atoms with Crippen LogP contribution in [0.5, 0.6) is 0 Å². The predicted molar refractivity (Wildman–Crippen MR) is 94.6 cm³/mol. The first kappa shape index (κ1) is 16.7. The summed E-state index contributed by atoms with van der Waals surface area (Å²) in [5.74, 6) is 1.77. The summed E-state index contributed by atoms with van der Waals surface area (Å²) in [4.78, 5) is 4.91. The van der Waals surface area contributed by atoms with Crippen molar-refractivity contribution in [3.8, 4) is 0 Å². The van der Waals surface area contributed by atoms with Crippen molar-refractivity contribution >= 4 is 11.5 Å². The summed E-state index contributed by atoms with van der Waals surface area (Å²) in [5, 5.41) is 15.9. The van der Waals surface area contributed by atoms with Crippen LogP contribution in [-0.4, -0.2) is 75.1 Å². The minimum atomic E-state index is 0.359. The number of hydrogen-bond acceptors (Lipinski definition) is 7. The average Bonchev–Trinajstić information content (AvgIpc) is 3.07. The molecule has 0 N–H and O–H groups in total. The quantitative estimate of drug-likeness (QED) is 0.825. The maximum Gasteiger partial charge on any atom is 0.200 e. The number of rotatable bonds is 4. The number of tetrazole rings is 1. The van der Waals surface area contributed by atoms with Gasteiger partial charge in [0.1, 0.15) is 0 Å². The van der Waals surface area contributed by atoms with E-state index in [1.165, 1.54) is 30.4 Å². The second kappa shape index (κ2) is 7.21. The molecule has 0 radical (unpaired) electrons. The Balaban J connectivity index is 1.26. The molecule has 0 aliphatic carbocycles. The Morgan fingerprint density at radius 1 is 1.12 bits per heavy atom. The zero-order chi connectivity index (χ0) is 17.2. The van der Waals surface area contributed by atoms with Gasteiger partial charge in [-0.1, -0.05) is 0 Å². The molecule has 2 unspecified atom stereocenters. The topological polar surface area (TPSA) is 71.7 Å². The van der Waals surface area contributed by atoms with Crippen molar-refractivity contribution in [1.29, 1.82) is 0 Å². The van der Waals surface area contributed by atoms with E-state index in [0.29, 0.717) is 17.9 Å². The molecule has 4 rings (SSSR count). The van der Waals surface area contributed by atoms with Crippen molar-refractivity contribution < 1.29 is 4.74 Å². The van der Waals surface area contributed by atoms with Crippen LogP contribution in [0.3, 0.4) is 0 Å². The molecular formula is C17H27N7O. The smallest absolute Gasteiger partial charge is 0.200 e. The van der Waals surface area contributed by atoms with Gasteiger partial charge >= 0.3 is 0 Å². The van der Waals surface area contributed by atoms with Crippen molar-refractivity contribution in [2.75, 3.05) is 37.6 Å². The third kappa shape index (κ3) is 3.90. The molecule has 4 heterocycles. The standard InChI is InChI=1S/C17H27N7O/c1-13-11-22(12-14(2)25-13)8-5-15-6-9-23(10-7-15)17-4-3-16-18-20-21-24(16)19-17/h3-4,13-15H,5-12H2,1-2H3. The Labute approximate surface area is 148 Å². The van der Waals surface area contributed by atoms with E-state index in [2.05, 4.69) is 44.3 Å². The molecule has 2 atom stereocenters. The van der Waals surface area contributed by atoms with Crippen molar-refractivity contribution in [3.05, 3.63) is 12.1 Å². The van der Waals surface area contributed by atoms with Crippen molar-refractivity contribution in [1.82, 2.24) is 30.2 Å². The minimum Gasteiger partial charge on any atom is -0.373 e. The highest BCUT2D eigenvalue weighted by Gasteiger charge is 2.25. The molecule has 2 aromatic rings. The van der Waals surface area contributed by atoms with Crippen LogP contribution in [0.4, 0.5) is 5.82 Å². The Bertz CT molecular complexity index is 687. The maximum atomic E-state index is 5.82. The lowest BCUT2D eigenvalue weighted by Crippen LogP contribution is -2.46. The monoisotopic (exact) mass is 345 g/mol. The van der Waals surface area contributed by atoms with Crippen LogP contribution in [-0.2, 0) is 4.74 Å². The van der Waals surface area contributed by atoms with Gasteiger partial charge in [0.25, 0.3) is 0 Å². The van der Waals surface area contributed by atoms with Crippen LogP contribution in [0.25, 0.3) is 5.65 Å². The van der Waals surface area contributed by atoms with E-state index < -0.39 is 0 Å². The highest BCUT2D eigenvalue weighted by molar-refractivity contribution is 5.44. The van der Waals surface area contributed by atoms with Crippen molar-refractivity contribution in [3.63, 3.8) is 0 Å². The molecule has 25 heavy (non-hydrogen) atoms. The highest BCUT2D eigenvalue weighted by Crippen LogP contribution is 2.24. The molecule has 2 fully saturated rings. The molecule has 0 spiro atoms. The zero-order valence-electron chi connectivity index (χ0n) is 15.1. The summed E-state index contributed by atoms with van der Waals surface area (Å²) in [5.41, 5.74) is 0.688. The Hall–Kier alpha value is -1.80. The number of morpholine rings is 1. The Morgan fingerprint density at radius 2 is 1.88 bits per heavy atom. The maximum absolute atomic E-state index is 5.82. The van der Waals surface area contributed by atoms with Crippen LogP contribution in [0, 0.1) is 5.92 Å². The van der Waals surface area contributed by atoms with Crippen LogP contribution < -0.4 is 4.90 Å². The van der Waals surface area contributed by atoms with Gasteiger partial charge in [-0.15, -0.1) is 14.8 Å². The fourth-order valence-electron chi connectivity index (χ4n) is 4.09. The van der Waals surface area contributed by atoms with Gasteiger partial charge in [0.15, 0.2) is 11.5 Å². The fraction of sp³-hybridized carbons (Fsp3) is 0.765. The normalized spacial score (nSPS) is 26.4. The Kier molecular flexibility index (Phi) is 4.80. The summed E-state index contributed by atoms with van der Waals surface area (Å²) < 4.78 is 7.33. The second-order valence-corrected chi connectivity index (χ2v) is 7.45. The van der Waals surface area contributed by atoms with E-state index in [1.807, 2.05) is 12.1 Å². The van der Waals surface area contributed by atoms with Crippen LogP contribution in [0.15, 0.2) is 12.1 Å². The molecule has 2 aromatic heterocycles. The molecule has 136 valence electrons. The van der Waals surface area contributed by atoms with Crippen LogP contribution in [0.1, 0.15) is 33.1 Å². The minimum absolute atomic E-state index is 0.359. The number of aromatic nitrogens is 5. The molecule has 0 amide bonds. The summed E-state index contributed by atoms with van der Waals surface area (Å²) in [7, 11) is 0. The van der Waals surface area contributed by atoms with E-state index in [1.54, 1.807) is 0 Å². The van der Waals surface area contributed by atoms with E-state index in [0.717, 1.165) is 37.9 Å². The van der Waals surface area contributed by atoms with Crippen LogP contribution >= 0.6 is 0 Å². The molecule has 2 saturated heterocycles. The SMILES string of the molecule is CC1CN(CCC2CCN(c3ccc4nnnn4n3)CC2)CC(C)O1. The van der Waals surface area contributed by atoms with E-state index in [-0.39, 0.29) is 0 Å². The lowest BCUT2D eigenvalue weighted by atomic mass is 9.93. The van der Waals surface area contributed by atoms with Gasteiger partial charge < -0.3 is 9.64 Å². The molecule has 0 aromatic carbocycles. The Morgan fingerprint density at radius 3 is 2.64 bits per heavy atom. The molecule has 0 bridgehead atoms. The largest absolute Gasteiger partial charge is 0.373 e. The lowest BCUT2D eigenvalue weighted by Gasteiger charge is -2.37. The average molecular weight is 345 g/mol. The molecule has 0 saturated carbocycles. The lowest BCUT2D eigenvalue weighted by molar-refractivity contribution is -0.0690. The third-order valence-corrected chi connectivity index (χ3v) is 5.34. The molecule has 8 heteroatoms. The number of piperidine rings is 1. The summed E-state index contributed by atoms with van der Waals surface area (Å²) in [6, 6.07) is 3.94. The second-order valence-electron chi connectivity index (χ2n) is 7.45. The number of anilines is 1. The summed E-state index contributed by atoms with van der Waals surface area (Å²) >= 11 is 0. The predicted octanol–water partition coefficient (Wildman–Crippen LogP) is 1.23. The first-order valence-corrected chi connectivity index (χ1v) is 9.35. The first-order chi connectivity index (χ1) is 12.2. The van der Waals surface area contributed by atoms with Gasteiger partial charge in [-0.2, -0.15) is 0 Å². The van der Waals surface area contributed by atoms with Gasteiger partial charge in [-0.05, 0) is 68.1 Å². The zero-order valence-corrected chi connectivity index (χ0v) is 15.1. The first-order valence-electron chi connectivity index (χ1n) is 9.35. The highest BCUT2D eigenvalue weighted by atomic mass is 16.5. The molecule has 2 aliphatic heterocycles. The van der Waals surface area contributed by atoms with Gasteiger partial charge in [0.05, 0.1) is 12.2 Å². The number of fused-ring (bicyclic) bond motifs is 1. The van der Waals surface area contributed by atoms with E-state index >= 15 is 0 Å². The van der Waals surface area contributed by atoms with Crippen molar-refractivity contribution in [2.45, 2.75) is 45.3 Å².